The SMILES string of the molecule is CC#CC(=O)Nc1cccc(C(=C/C)/C=c2/c(Cl)c[nH]/c2=C\CC)c1. The molecule has 1 aromatic heterocycles. The highest BCUT2D eigenvalue weighted by atomic mass is 35.5. The first-order chi connectivity index (χ1) is 12.1. The van der Waals surface area contributed by atoms with E-state index in [4.69, 9.17) is 11.6 Å². The summed E-state index contributed by atoms with van der Waals surface area (Å²) in [5, 5.41) is 5.42. The Labute approximate surface area is 153 Å². The zero-order chi connectivity index (χ0) is 18.2. The first-order valence-electron chi connectivity index (χ1n) is 8.14. The highest BCUT2D eigenvalue weighted by Gasteiger charge is 2.04. The highest BCUT2D eigenvalue weighted by Crippen LogP contribution is 2.20. The number of carbonyl (C=O) groups is 1. The van der Waals surface area contributed by atoms with Crippen LogP contribution in [0.5, 0.6) is 0 Å². The predicted molar refractivity (Wildman–Crippen MR) is 106 cm³/mol. The van der Waals surface area contributed by atoms with Crippen LogP contribution in [0.15, 0.2) is 36.5 Å². The molecule has 1 heterocycles. The van der Waals surface area contributed by atoms with E-state index < -0.39 is 0 Å². The van der Waals surface area contributed by atoms with Crippen molar-refractivity contribution in [2.75, 3.05) is 5.32 Å². The van der Waals surface area contributed by atoms with Crippen LogP contribution in [0.2, 0.25) is 5.02 Å². The minimum absolute atomic E-state index is 0.320. The molecule has 0 saturated heterocycles. The fourth-order valence-electron chi connectivity index (χ4n) is 2.49. The standard InChI is InChI=1S/C21H21ClN2O/c1-4-8-20-18(19(22)14-23-20)13-15(6-3)16-10-7-11-17(12-16)24-21(25)9-5-2/h6-8,10-14,23H,4H2,1-3H3,(H,24,25)/b15-6+,18-13-,20-8-. The predicted octanol–water partition coefficient (Wildman–Crippen LogP) is 3.70. The first-order valence-corrected chi connectivity index (χ1v) is 8.52. The molecule has 0 saturated carbocycles. The minimum atomic E-state index is -0.320. The van der Waals surface area contributed by atoms with Crippen molar-refractivity contribution in [1.82, 2.24) is 4.98 Å². The number of allylic oxidation sites excluding steroid dienone is 2. The van der Waals surface area contributed by atoms with Gasteiger partial charge in [0.2, 0.25) is 0 Å². The van der Waals surface area contributed by atoms with Crippen molar-refractivity contribution < 1.29 is 4.79 Å². The van der Waals surface area contributed by atoms with Crippen molar-refractivity contribution in [3.63, 3.8) is 0 Å². The molecule has 2 N–H and O–H groups in total. The molecule has 25 heavy (non-hydrogen) atoms. The molecule has 4 heteroatoms. The molecule has 0 spiro atoms. The Balaban J connectivity index is 2.45. The molecule has 1 amide bonds. The number of hydrogen-bond donors (Lipinski definition) is 2. The number of rotatable bonds is 4. The van der Waals surface area contributed by atoms with Gasteiger partial charge in [0.1, 0.15) is 0 Å². The number of carbonyl (C=O) groups excluding carboxylic acids is 1. The molecule has 1 aromatic carbocycles. The molecule has 2 aromatic rings. The van der Waals surface area contributed by atoms with E-state index in [1.54, 1.807) is 13.1 Å². The summed E-state index contributed by atoms with van der Waals surface area (Å²) in [6.45, 7) is 5.69. The van der Waals surface area contributed by atoms with Crippen LogP contribution in [-0.2, 0) is 4.79 Å². The van der Waals surface area contributed by atoms with E-state index in [1.165, 1.54) is 0 Å². The van der Waals surface area contributed by atoms with Gasteiger partial charge in [0.15, 0.2) is 0 Å². The molecule has 0 aliphatic carbocycles. The molecule has 0 unspecified atom stereocenters. The molecule has 0 atom stereocenters. The number of aromatic nitrogens is 1. The fourth-order valence-corrected chi connectivity index (χ4v) is 2.70. The average Bonchev–Trinajstić information content (AvgIpc) is 2.93. The molecule has 0 aliphatic rings. The van der Waals surface area contributed by atoms with Crippen LogP contribution in [0, 0.1) is 11.8 Å². The number of H-pyrrole nitrogens is 1. The van der Waals surface area contributed by atoms with Gasteiger partial charge in [0, 0.05) is 22.5 Å². The number of benzene rings is 1. The van der Waals surface area contributed by atoms with Crippen molar-refractivity contribution in [3.05, 3.63) is 57.7 Å². The molecule has 2 rings (SSSR count). The molecule has 0 fully saturated rings. The van der Waals surface area contributed by atoms with E-state index in [1.807, 2.05) is 43.3 Å². The monoisotopic (exact) mass is 352 g/mol. The van der Waals surface area contributed by atoms with Crippen LogP contribution in [-0.4, -0.2) is 10.9 Å². The molecule has 3 nitrogen and oxygen atoms in total. The summed E-state index contributed by atoms with van der Waals surface area (Å²) in [6.07, 6.45) is 8.88. The second-order valence-corrected chi connectivity index (χ2v) is 5.78. The maximum atomic E-state index is 11.6. The van der Waals surface area contributed by atoms with E-state index in [0.29, 0.717) is 10.7 Å². The number of hydrogen-bond acceptors (Lipinski definition) is 1. The van der Waals surface area contributed by atoms with Crippen LogP contribution in [0.3, 0.4) is 0 Å². The van der Waals surface area contributed by atoms with Crippen LogP contribution in [0.4, 0.5) is 5.69 Å². The zero-order valence-corrected chi connectivity index (χ0v) is 15.4. The maximum Gasteiger partial charge on any atom is 0.300 e. The van der Waals surface area contributed by atoms with Gasteiger partial charge >= 0.3 is 0 Å². The Bertz CT molecular complexity index is 971. The van der Waals surface area contributed by atoms with Gasteiger partial charge in [-0.05, 0) is 55.5 Å². The van der Waals surface area contributed by atoms with Crippen molar-refractivity contribution >= 4 is 40.9 Å². The van der Waals surface area contributed by atoms with Crippen LogP contribution in [0.25, 0.3) is 17.7 Å². The summed E-state index contributed by atoms with van der Waals surface area (Å²) in [7, 11) is 0. The van der Waals surface area contributed by atoms with Gasteiger partial charge in [0.05, 0.1) is 5.02 Å². The topological polar surface area (TPSA) is 44.9 Å². The Morgan fingerprint density at radius 2 is 2.20 bits per heavy atom. The molecule has 0 bridgehead atoms. The van der Waals surface area contributed by atoms with E-state index in [0.717, 1.165) is 28.1 Å². The minimum Gasteiger partial charge on any atom is -0.360 e. The largest absolute Gasteiger partial charge is 0.360 e. The number of anilines is 1. The van der Waals surface area contributed by atoms with Gasteiger partial charge < -0.3 is 10.3 Å². The number of aromatic amines is 1. The second kappa shape index (κ2) is 8.96. The van der Waals surface area contributed by atoms with E-state index >= 15 is 0 Å². The Morgan fingerprint density at radius 3 is 2.88 bits per heavy atom. The number of halogens is 1. The number of amides is 1. The van der Waals surface area contributed by atoms with Crippen molar-refractivity contribution in [1.29, 1.82) is 0 Å². The van der Waals surface area contributed by atoms with E-state index in [-0.39, 0.29) is 5.91 Å². The summed E-state index contributed by atoms with van der Waals surface area (Å²) in [4.78, 5) is 14.8. The summed E-state index contributed by atoms with van der Waals surface area (Å²) in [5.41, 5.74) is 2.72. The van der Waals surface area contributed by atoms with Gasteiger partial charge in [0.25, 0.3) is 5.91 Å². The second-order valence-electron chi connectivity index (χ2n) is 5.37. The van der Waals surface area contributed by atoms with Gasteiger partial charge in [-0.3, -0.25) is 4.79 Å². The lowest BCUT2D eigenvalue weighted by Gasteiger charge is -2.06. The van der Waals surface area contributed by atoms with Crippen molar-refractivity contribution in [3.8, 4) is 11.8 Å². The third-order valence-corrected chi connectivity index (χ3v) is 3.93. The first kappa shape index (κ1) is 18.6. The molecule has 0 aliphatic heterocycles. The van der Waals surface area contributed by atoms with Gasteiger partial charge in [-0.2, -0.15) is 0 Å². The van der Waals surface area contributed by atoms with Crippen molar-refractivity contribution in [2.45, 2.75) is 27.2 Å². The quantitative estimate of drug-likeness (QED) is 0.809. The molecule has 0 radical (unpaired) electrons. The Kier molecular flexibility index (Phi) is 6.68. The maximum absolute atomic E-state index is 11.6. The lowest BCUT2D eigenvalue weighted by atomic mass is 10.0. The van der Waals surface area contributed by atoms with Crippen LogP contribution < -0.4 is 15.9 Å². The lowest BCUT2D eigenvalue weighted by molar-refractivity contribution is -0.111. The Hall–Kier alpha value is -2.70. The van der Waals surface area contributed by atoms with Crippen LogP contribution in [0.1, 0.15) is 32.8 Å². The van der Waals surface area contributed by atoms with E-state index in [2.05, 4.69) is 35.1 Å². The number of nitrogens with one attached hydrogen (secondary N) is 2. The van der Waals surface area contributed by atoms with Crippen LogP contribution >= 0.6 is 11.6 Å². The molecular formula is C21H21ClN2O. The Morgan fingerprint density at radius 1 is 1.40 bits per heavy atom. The highest BCUT2D eigenvalue weighted by molar-refractivity contribution is 6.30. The summed E-state index contributed by atoms with van der Waals surface area (Å²) >= 11 is 6.32. The summed E-state index contributed by atoms with van der Waals surface area (Å²) in [6, 6.07) is 7.66. The van der Waals surface area contributed by atoms with E-state index in [9.17, 15) is 4.79 Å². The van der Waals surface area contributed by atoms with Gasteiger partial charge in [-0.1, -0.05) is 48.7 Å². The average molecular weight is 353 g/mol. The summed E-state index contributed by atoms with van der Waals surface area (Å²) < 4.78 is 0. The fraction of sp³-hybridized carbons (Fsp3) is 0.190. The van der Waals surface area contributed by atoms with Gasteiger partial charge in [-0.25, -0.2) is 0 Å². The third-order valence-electron chi connectivity index (χ3n) is 3.61. The molecule has 128 valence electrons. The zero-order valence-electron chi connectivity index (χ0n) is 14.6. The molecular weight excluding hydrogens is 332 g/mol. The van der Waals surface area contributed by atoms with Crippen molar-refractivity contribution in [2.24, 2.45) is 0 Å². The van der Waals surface area contributed by atoms with Gasteiger partial charge in [-0.15, -0.1) is 0 Å². The lowest BCUT2D eigenvalue weighted by Crippen LogP contribution is -2.23. The third kappa shape index (κ3) is 4.89. The normalized spacial score (nSPS) is 12.7. The smallest absolute Gasteiger partial charge is 0.300 e. The summed E-state index contributed by atoms with van der Waals surface area (Å²) in [5.74, 6) is 4.74.